The zero-order valence-corrected chi connectivity index (χ0v) is 20.1. The van der Waals surface area contributed by atoms with E-state index >= 15 is 0 Å². The van der Waals surface area contributed by atoms with Crippen LogP contribution in [0.15, 0.2) is 42.5 Å². The Morgan fingerprint density at radius 3 is 2.71 bits per heavy atom. The summed E-state index contributed by atoms with van der Waals surface area (Å²) >= 11 is 0. The van der Waals surface area contributed by atoms with Gasteiger partial charge >= 0.3 is 0 Å². The second-order valence-electron chi connectivity index (χ2n) is 8.91. The van der Waals surface area contributed by atoms with Crippen molar-refractivity contribution in [3.05, 3.63) is 59.2 Å². The van der Waals surface area contributed by atoms with Crippen LogP contribution < -0.4 is 15.5 Å². The zero-order chi connectivity index (χ0) is 25.1. The lowest BCUT2D eigenvalue weighted by Crippen LogP contribution is -2.24. The van der Waals surface area contributed by atoms with E-state index in [1.807, 2.05) is 11.0 Å². The lowest BCUT2D eigenvalue weighted by Gasteiger charge is -2.21. The highest BCUT2D eigenvalue weighted by Gasteiger charge is 2.32. The number of alkyl halides is 2. The van der Waals surface area contributed by atoms with Crippen molar-refractivity contribution in [3.8, 4) is 5.75 Å². The molecule has 1 saturated heterocycles. The second kappa shape index (κ2) is 13.7. The van der Waals surface area contributed by atoms with Crippen molar-refractivity contribution < 1.29 is 28.8 Å². The molecule has 1 fully saturated rings. The average Bonchev–Trinajstić information content (AvgIpc) is 3.40. The Morgan fingerprint density at radius 1 is 1.11 bits per heavy atom. The van der Waals surface area contributed by atoms with Crippen molar-refractivity contribution in [2.75, 3.05) is 51.0 Å². The summed E-state index contributed by atoms with van der Waals surface area (Å²) in [6.07, 6.45) is 2.70. The predicted octanol–water partition coefficient (Wildman–Crippen LogP) is 3.24. The number of ether oxygens (including phenoxy) is 1. The van der Waals surface area contributed by atoms with Crippen LogP contribution >= 0.6 is 0 Å². The number of benzene rings is 2. The summed E-state index contributed by atoms with van der Waals surface area (Å²) < 4.78 is 34.4. The number of halogens is 2. The first-order chi connectivity index (χ1) is 16.9. The van der Waals surface area contributed by atoms with E-state index in [1.165, 1.54) is 12.1 Å². The molecule has 194 valence electrons. The predicted molar refractivity (Wildman–Crippen MR) is 132 cm³/mol. The molecule has 3 rings (SSSR count). The molecule has 0 amide bonds. The number of rotatable bonds is 15. The molecule has 2 aromatic rings. The Bertz CT molecular complexity index is 910. The molecule has 5 N–H and O–H groups in total. The Kier molecular flexibility index (Phi) is 10.7. The molecule has 0 aromatic heterocycles. The number of anilines is 1. The minimum Gasteiger partial charge on any atom is -0.508 e. The molecule has 0 saturated carbocycles. The van der Waals surface area contributed by atoms with Crippen LogP contribution in [0.1, 0.15) is 48.5 Å². The van der Waals surface area contributed by atoms with Crippen molar-refractivity contribution in [2.24, 2.45) is 0 Å². The van der Waals surface area contributed by atoms with Gasteiger partial charge in [-0.15, -0.1) is 0 Å². The van der Waals surface area contributed by atoms with E-state index < -0.39 is 18.6 Å². The highest BCUT2D eigenvalue weighted by atomic mass is 19.3. The summed E-state index contributed by atoms with van der Waals surface area (Å²) in [5, 5.41) is 35.4. The minimum absolute atomic E-state index is 0.00796. The highest BCUT2D eigenvalue weighted by Crippen LogP contribution is 2.31. The van der Waals surface area contributed by atoms with Gasteiger partial charge in [0.1, 0.15) is 12.4 Å². The van der Waals surface area contributed by atoms with Crippen LogP contribution in [0.25, 0.3) is 0 Å². The van der Waals surface area contributed by atoms with Crippen LogP contribution in [0.2, 0.25) is 0 Å². The van der Waals surface area contributed by atoms with Gasteiger partial charge in [0.2, 0.25) is 0 Å². The number of aliphatic hydroxyl groups is 2. The molecule has 7 nitrogen and oxygen atoms in total. The van der Waals surface area contributed by atoms with Gasteiger partial charge in [-0.05, 0) is 49.2 Å². The van der Waals surface area contributed by atoms with E-state index in [0.29, 0.717) is 30.9 Å². The lowest BCUT2D eigenvalue weighted by molar-refractivity contribution is -0.0831. The molecule has 1 unspecified atom stereocenters. The van der Waals surface area contributed by atoms with Crippen molar-refractivity contribution >= 4 is 5.69 Å². The summed E-state index contributed by atoms with van der Waals surface area (Å²) in [5.41, 5.74) is 1.80. The maximum atomic E-state index is 14.6. The van der Waals surface area contributed by atoms with Gasteiger partial charge in [-0.1, -0.05) is 31.0 Å². The first kappa shape index (κ1) is 27.3. The molecule has 35 heavy (non-hydrogen) atoms. The molecule has 1 atom stereocenters. The molecule has 0 bridgehead atoms. The molecule has 9 heteroatoms. The maximum absolute atomic E-state index is 14.6. The molecule has 1 aliphatic heterocycles. The van der Waals surface area contributed by atoms with Crippen molar-refractivity contribution in [1.29, 1.82) is 0 Å². The summed E-state index contributed by atoms with van der Waals surface area (Å²) in [4.78, 5) is 2.04. The van der Waals surface area contributed by atoms with Gasteiger partial charge in [0.25, 0.3) is 5.92 Å². The first-order valence-corrected chi connectivity index (χ1v) is 12.2. The molecule has 1 aliphatic rings. The lowest BCUT2D eigenvalue weighted by atomic mass is 10.1. The Balaban J connectivity index is 1.24. The quantitative estimate of drug-likeness (QED) is 0.243. The van der Waals surface area contributed by atoms with E-state index in [2.05, 4.69) is 10.6 Å². The van der Waals surface area contributed by atoms with Crippen LogP contribution in [0, 0.1) is 0 Å². The van der Waals surface area contributed by atoms with Gasteiger partial charge < -0.3 is 30.3 Å². The van der Waals surface area contributed by atoms with Gasteiger partial charge in [-0.25, -0.2) is 0 Å². The normalized spacial score (nSPS) is 15.0. The second-order valence-corrected chi connectivity index (χ2v) is 8.91. The third kappa shape index (κ3) is 8.40. The number of hydrogen-bond donors (Lipinski definition) is 5. The zero-order valence-electron chi connectivity index (χ0n) is 20.1. The maximum Gasteiger partial charge on any atom is 0.296 e. The fraction of sp³-hybridized carbons (Fsp3) is 0.538. The number of unbranched alkanes of at least 4 members (excludes halogenated alkanes) is 3. The number of nitrogens with zero attached hydrogens (tertiary/aromatic N) is 1. The third-order valence-corrected chi connectivity index (χ3v) is 6.17. The number of nitrogens with one attached hydrogen (secondary N) is 2. The average molecular weight is 494 g/mol. The van der Waals surface area contributed by atoms with Gasteiger partial charge in [0.05, 0.1) is 19.4 Å². The van der Waals surface area contributed by atoms with Crippen LogP contribution in [-0.2, 0) is 17.3 Å². The van der Waals surface area contributed by atoms with Crippen molar-refractivity contribution in [1.82, 2.24) is 10.6 Å². The fourth-order valence-electron chi connectivity index (χ4n) is 4.04. The van der Waals surface area contributed by atoms with Crippen LogP contribution in [-0.4, -0.2) is 61.4 Å². The smallest absolute Gasteiger partial charge is 0.296 e. The molecule has 2 aromatic carbocycles. The van der Waals surface area contributed by atoms with Crippen LogP contribution in [0.5, 0.6) is 5.75 Å². The fourth-order valence-corrected chi connectivity index (χ4v) is 4.04. The van der Waals surface area contributed by atoms with Gasteiger partial charge in [-0.3, -0.25) is 5.32 Å². The van der Waals surface area contributed by atoms with Crippen molar-refractivity contribution in [2.45, 2.75) is 44.3 Å². The minimum atomic E-state index is -3.02. The summed E-state index contributed by atoms with van der Waals surface area (Å²) in [5.74, 6) is -3.02. The van der Waals surface area contributed by atoms with Crippen molar-refractivity contribution in [3.63, 3.8) is 0 Å². The number of phenols is 1. The molecular formula is C26H37F2N3O4. The number of aliphatic hydroxyl groups excluding tert-OH is 2. The Labute approximate surface area is 205 Å². The SMILES string of the molecule is OCc1cc(C(O)CNCCCCCCOCC(F)(F)c2cccc(N3CCNC3)c2)ccc1O. The molecule has 0 radical (unpaired) electrons. The summed E-state index contributed by atoms with van der Waals surface area (Å²) in [6, 6.07) is 11.2. The monoisotopic (exact) mass is 493 g/mol. The van der Waals surface area contributed by atoms with E-state index in [0.717, 1.165) is 51.0 Å². The Morgan fingerprint density at radius 2 is 1.94 bits per heavy atom. The number of aromatic hydroxyl groups is 1. The van der Waals surface area contributed by atoms with E-state index in [9.17, 15) is 24.1 Å². The number of hydrogen-bond acceptors (Lipinski definition) is 7. The van der Waals surface area contributed by atoms with E-state index in [1.54, 1.807) is 24.3 Å². The third-order valence-electron chi connectivity index (χ3n) is 6.17. The van der Waals surface area contributed by atoms with Gasteiger partial charge in [-0.2, -0.15) is 8.78 Å². The van der Waals surface area contributed by atoms with E-state index in [4.69, 9.17) is 4.74 Å². The van der Waals surface area contributed by atoms with E-state index in [-0.39, 0.29) is 17.9 Å². The Hall–Kier alpha value is -2.30. The summed E-state index contributed by atoms with van der Waals surface area (Å²) in [6.45, 7) is 2.82. The van der Waals surface area contributed by atoms with Gasteiger partial charge in [0.15, 0.2) is 0 Å². The molecule has 0 aliphatic carbocycles. The summed E-state index contributed by atoms with van der Waals surface area (Å²) in [7, 11) is 0. The van der Waals surface area contributed by atoms with Crippen LogP contribution in [0.4, 0.5) is 14.5 Å². The first-order valence-electron chi connectivity index (χ1n) is 12.2. The highest BCUT2D eigenvalue weighted by molar-refractivity contribution is 5.50. The molecular weight excluding hydrogens is 456 g/mol. The van der Waals surface area contributed by atoms with Gasteiger partial charge in [0, 0.05) is 43.1 Å². The topological polar surface area (TPSA) is 97.2 Å². The van der Waals surface area contributed by atoms with Crippen LogP contribution in [0.3, 0.4) is 0 Å². The molecule has 1 heterocycles. The standard InChI is InChI=1S/C26H37F2N3O4/c27-26(28,22-6-5-7-23(15-22)31-12-11-30-19-31)18-35-13-4-2-1-3-10-29-16-25(34)20-8-9-24(33)21(14-20)17-32/h5-9,14-15,25,29-30,32-34H,1-4,10-13,16-19H2. The largest absolute Gasteiger partial charge is 0.508 e. The molecule has 0 spiro atoms.